The maximum atomic E-state index is 12.7. The number of benzene rings is 1. The van der Waals surface area contributed by atoms with Crippen molar-refractivity contribution in [2.75, 3.05) is 19.6 Å². The van der Waals surface area contributed by atoms with Crippen molar-refractivity contribution < 1.29 is 4.79 Å². The monoisotopic (exact) mass is 353 g/mol. The SMILES string of the molecule is O=C(NCc1ccccc1)N1CCCn2cnc(CN3CCCC3)c2C1. The van der Waals surface area contributed by atoms with Crippen molar-refractivity contribution in [1.82, 2.24) is 24.7 Å². The molecule has 6 nitrogen and oxygen atoms in total. The Kier molecular flexibility index (Phi) is 5.20. The molecule has 1 N–H and O–H groups in total. The van der Waals surface area contributed by atoms with Crippen LogP contribution in [0.2, 0.25) is 0 Å². The van der Waals surface area contributed by atoms with Gasteiger partial charge in [-0.05, 0) is 37.9 Å². The minimum absolute atomic E-state index is 0.00984. The van der Waals surface area contributed by atoms with E-state index in [0.29, 0.717) is 13.1 Å². The zero-order chi connectivity index (χ0) is 17.8. The molecule has 1 fully saturated rings. The highest BCUT2D eigenvalue weighted by Gasteiger charge is 2.23. The number of amides is 2. The predicted octanol–water partition coefficient (Wildman–Crippen LogP) is 2.59. The highest BCUT2D eigenvalue weighted by molar-refractivity contribution is 5.74. The number of nitrogens with zero attached hydrogens (tertiary/aromatic N) is 4. The quantitative estimate of drug-likeness (QED) is 0.919. The summed E-state index contributed by atoms with van der Waals surface area (Å²) < 4.78 is 2.23. The number of likely N-dealkylation sites (tertiary alicyclic amines) is 1. The molecule has 0 atom stereocenters. The molecule has 2 aromatic rings. The minimum atomic E-state index is 0.00984. The summed E-state index contributed by atoms with van der Waals surface area (Å²) in [7, 11) is 0. The molecule has 138 valence electrons. The van der Waals surface area contributed by atoms with Gasteiger partial charge in [-0.3, -0.25) is 4.90 Å². The number of hydrogen-bond donors (Lipinski definition) is 1. The van der Waals surface area contributed by atoms with Crippen LogP contribution in [0, 0.1) is 0 Å². The van der Waals surface area contributed by atoms with Crippen molar-refractivity contribution in [1.29, 1.82) is 0 Å². The Morgan fingerprint density at radius 1 is 1.04 bits per heavy atom. The highest BCUT2D eigenvalue weighted by Crippen LogP contribution is 2.19. The number of urea groups is 1. The molecule has 4 rings (SSSR count). The Labute approximate surface area is 154 Å². The van der Waals surface area contributed by atoms with Crippen LogP contribution in [0.1, 0.15) is 36.2 Å². The van der Waals surface area contributed by atoms with Crippen LogP contribution in [0.5, 0.6) is 0 Å². The molecule has 2 aliphatic rings. The van der Waals surface area contributed by atoms with Crippen LogP contribution in [0.25, 0.3) is 0 Å². The van der Waals surface area contributed by atoms with Gasteiger partial charge in [0.2, 0.25) is 0 Å². The fourth-order valence-electron chi connectivity index (χ4n) is 3.86. The van der Waals surface area contributed by atoms with E-state index in [-0.39, 0.29) is 6.03 Å². The summed E-state index contributed by atoms with van der Waals surface area (Å²) in [4.78, 5) is 21.7. The highest BCUT2D eigenvalue weighted by atomic mass is 16.2. The van der Waals surface area contributed by atoms with Gasteiger partial charge in [-0.1, -0.05) is 30.3 Å². The lowest BCUT2D eigenvalue weighted by molar-refractivity contribution is 0.195. The number of nitrogens with one attached hydrogen (secondary N) is 1. The number of fused-ring (bicyclic) bond motifs is 1. The Morgan fingerprint density at radius 2 is 1.85 bits per heavy atom. The fourth-order valence-corrected chi connectivity index (χ4v) is 3.86. The number of carbonyl (C=O) groups excluding carboxylic acids is 1. The number of rotatable bonds is 4. The number of hydrogen-bond acceptors (Lipinski definition) is 3. The van der Waals surface area contributed by atoms with Crippen molar-refractivity contribution in [2.24, 2.45) is 0 Å². The van der Waals surface area contributed by atoms with E-state index < -0.39 is 0 Å². The largest absolute Gasteiger partial charge is 0.334 e. The van der Waals surface area contributed by atoms with Gasteiger partial charge < -0.3 is 14.8 Å². The summed E-state index contributed by atoms with van der Waals surface area (Å²) in [5.74, 6) is 0. The molecule has 2 amide bonds. The summed E-state index contributed by atoms with van der Waals surface area (Å²) in [5.41, 5.74) is 3.45. The van der Waals surface area contributed by atoms with Crippen LogP contribution in [-0.2, 0) is 26.2 Å². The van der Waals surface area contributed by atoms with E-state index in [1.807, 2.05) is 41.6 Å². The second kappa shape index (κ2) is 7.91. The zero-order valence-corrected chi connectivity index (χ0v) is 15.2. The van der Waals surface area contributed by atoms with E-state index in [1.165, 1.54) is 18.5 Å². The number of aryl methyl sites for hydroxylation is 1. The second-order valence-electron chi connectivity index (χ2n) is 7.23. The smallest absolute Gasteiger partial charge is 0.318 e. The first-order chi connectivity index (χ1) is 12.8. The Balaban J connectivity index is 1.41. The predicted molar refractivity (Wildman–Crippen MR) is 100 cm³/mol. The molecule has 0 unspecified atom stereocenters. The van der Waals surface area contributed by atoms with Crippen molar-refractivity contribution in [3.05, 3.63) is 53.6 Å². The topological polar surface area (TPSA) is 53.4 Å². The third kappa shape index (κ3) is 3.90. The summed E-state index contributed by atoms with van der Waals surface area (Å²) >= 11 is 0. The first-order valence-corrected chi connectivity index (χ1v) is 9.61. The molecule has 26 heavy (non-hydrogen) atoms. The average molecular weight is 353 g/mol. The summed E-state index contributed by atoms with van der Waals surface area (Å²) in [6, 6.07) is 10.1. The van der Waals surface area contributed by atoms with E-state index in [1.54, 1.807) is 0 Å². The second-order valence-corrected chi connectivity index (χ2v) is 7.23. The summed E-state index contributed by atoms with van der Waals surface area (Å²) in [6.45, 7) is 6.15. The average Bonchev–Trinajstić information content (AvgIpc) is 3.26. The standard InChI is InChI=1S/C20H27N5O/c26-20(21-13-17-7-2-1-3-8-17)24-11-6-12-25-16-22-18(19(25)15-24)14-23-9-4-5-10-23/h1-3,7-8,16H,4-6,9-15H2,(H,21,26). The third-order valence-electron chi connectivity index (χ3n) is 5.35. The number of carbonyl (C=O) groups is 1. The van der Waals surface area contributed by atoms with Gasteiger partial charge in [0, 0.05) is 26.2 Å². The molecule has 0 bridgehead atoms. The molecule has 1 aromatic heterocycles. The lowest BCUT2D eigenvalue weighted by atomic mass is 10.2. The molecule has 1 aromatic carbocycles. The lowest BCUT2D eigenvalue weighted by Gasteiger charge is -2.22. The Bertz CT molecular complexity index is 736. The van der Waals surface area contributed by atoms with Crippen LogP contribution >= 0.6 is 0 Å². The van der Waals surface area contributed by atoms with E-state index in [2.05, 4.69) is 19.8 Å². The third-order valence-corrected chi connectivity index (χ3v) is 5.35. The van der Waals surface area contributed by atoms with Crippen molar-refractivity contribution in [2.45, 2.75) is 45.4 Å². The molecule has 0 saturated carbocycles. The van der Waals surface area contributed by atoms with Crippen molar-refractivity contribution in [3.63, 3.8) is 0 Å². The van der Waals surface area contributed by atoms with Crippen molar-refractivity contribution >= 4 is 6.03 Å². The van der Waals surface area contributed by atoms with Gasteiger partial charge >= 0.3 is 6.03 Å². The van der Waals surface area contributed by atoms with Gasteiger partial charge in [0.05, 0.1) is 24.3 Å². The van der Waals surface area contributed by atoms with E-state index in [9.17, 15) is 4.79 Å². The van der Waals surface area contributed by atoms with Crippen LogP contribution in [-0.4, -0.2) is 45.0 Å². The normalized spacial score (nSPS) is 17.8. The van der Waals surface area contributed by atoms with Gasteiger partial charge in [-0.25, -0.2) is 9.78 Å². The number of aromatic nitrogens is 2. The molecule has 1 saturated heterocycles. The zero-order valence-electron chi connectivity index (χ0n) is 15.2. The van der Waals surface area contributed by atoms with Crippen LogP contribution < -0.4 is 5.32 Å². The minimum Gasteiger partial charge on any atom is -0.334 e. The van der Waals surface area contributed by atoms with Crippen LogP contribution in [0.15, 0.2) is 36.7 Å². The van der Waals surface area contributed by atoms with Gasteiger partial charge in [-0.2, -0.15) is 0 Å². The maximum absolute atomic E-state index is 12.7. The van der Waals surface area contributed by atoms with E-state index in [0.717, 1.165) is 50.4 Å². The van der Waals surface area contributed by atoms with E-state index >= 15 is 0 Å². The van der Waals surface area contributed by atoms with E-state index in [4.69, 9.17) is 0 Å². The fraction of sp³-hybridized carbons (Fsp3) is 0.500. The molecule has 0 spiro atoms. The Morgan fingerprint density at radius 3 is 2.65 bits per heavy atom. The number of imidazole rings is 1. The molecule has 0 radical (unpaired) electrons. The summed E-state index contributed by atoms with van der Waals surface area (Å²) in [5, 5.41) is 3.06. The van der Waals surface area contributed by atoms with Crippen LogP contribution in [0.4, 0.5) is 4.79 Å². The molecular weight excluding hydrogens is 326 g/mol. The van der Waals surface area contributed by atoms with Gasteiger partial charge in [-0.15, -0.1) is 0 Å². The van der Waals surface area contributed by atoms with Gasteiger partial charge in [0.25, 0.3) is 0 Å². The summed E-state index contributed by atoms with van der Waals surface area (Å²) in [6.07, 6.45) is 5.48. The first-order valence-electron chi connectivity index (χ1n) is 9.61. The molecule has 2 aliphatic heterocycles. The Hall–Kier alpha value is -2.34. The van der Waals surface area contributed by atoms with Crippen LogP contribution in [0.3, 0.4) is 0 Å². The molecule has 0 aliphatic carbocycles. The molecule has 6 heteroatoms. The molecular formula is C20H27N5O. The van der Waals surface area contributed by atoms with Crippen molar-refractivity contribution in [3.8, 4) is 0 Å². The maximum Gasteiger partial charge on any atom is 0.318 e. The lowest BCUT2D eigenvalue weighted by Crippen LogP contribution is -2.39. The first kappa shape index (κ1) is 17.1. The molecule has 3 heterocycles. The van der Waals surface area contributed by atoms with Gasteiger partial charge in [0.15, 0.2) is 0 Å². The van der Waals surface area contributed by atoms with Gasteiger partial charge in [0.1, 0.15) is 0 Å².